The fraction of sp³-hybridized carbons (Fsp3) is 0.364. The number of benzene rings is 2. The number of nitro groups is 1. The summed E-state index contributed by atoms with van der Waals surface area (Å²) in [6.07, 6.45) is 1.55. The van der Waals surface area contributed by atoms with E-state index in [1.165, 1.54) is 18.2 Å². The second kappa shape index (κ2) is 11.1. The van der Waals surface area contributed by atoms with E-state index in [1.54, 1.807) is 0 Å². The average molecular weight is 442 g/mol. The number of nitro benzene ring substituents is 1. The van der Waals surface area contributed by atoms with Gasteiger partial charge in [-0.3, -0.25) is 35.5 Å². The zero-order valence-corrected chi connectivity index (χ0v) is 17.8. The molecule has 3 rings (SSSR count). The molecule has 0 aromatic heterocycles. The average Bonchev–Trinajstić information content (AvgIpc) is 2.80. The molecule has 170 valence electrons. The highest BCUT2D eigenvalue weighted by Crippen LogP contribution is 2.29. The largest absolute Gasteiger partial charge is 0.490 e. The van der Waals surface area contributed by atoms with Crippen molar-refractivity contribution in [2.45, 2.75) is 25.9 Å². The molecule has 1 heterocycles. The molecule has 0 bridgehead atoms. The first kappa shape index (κ1) is 23.0. The van der Waals surface area contributed by atoms with Gasteiger partial charge in [-0.1, -0.05) is 18.2 Å². The SMILES string of the molecule is CCOc1ccccc1OC1CCN(CC(=O)NNC(=O)c2cccc([N+](=O)[O-])c2)CC1. The van der Waals surface area contributed by atoms with Crippen LogP contribution in [-0.4, -0.2) is 54.0 Å². The Morgan fingerprint density at radius 2 is 1.81 bits per heavy atom. The Morgan fingerprint density at radius 3 is 2.50 bits per heavy atom. The van der Waals surface area contributed by atoms with Crippen LogP contribution in [0, 0.1) is 10.1 Å². The van der Waals surface area contributed by atoms with E-state index in [2.05, 4.69) is 10.9 Å². The highest BCUT2D eigenvalue weighted by Gasteiger charge is 2.23. The lowest BCUT2D eigenvalue weighted by atomic mass is 10.1. The molecule has 2 amide bonds. The van der Waals surface area contributed by atoms with Crippen LogP contribution in [0.3, 0.4) is 0 Å². The molecule has 0 aliphatic carbocycles. The summed E-state index contributed by atoms with van der Waals surface area (Å²) in [4.78, 5) is 36.5. The minimum absolute atomic E-state index is 0.0319. The van der Waals surface area contributed by atoms with E-state index >= 15 is 0 Å². The Kier molecular flexibility index (Phi) is 7.98. The molecular formula is C22H26N4O6. The van der Waals surface area contributed by atoms with E-state index in [0.29, 0.717) is 19.7 Å². The van der Waals surface area contributed by atoms with Crippen molar-refractivity contribution in [2.24, 2.45) is 0 Å². The van der Waals surface area contributed by atoms with Gasteiger partial charge in [0.25, 0.3) is 17.5 Å². The monoisotopic (exact) mass is 442 g/mol. The van der Waals surface area contributed by atoms with Gasteiger partial charge >= 0.3 is 0 Å². The van der Waals surface area contributed by atoms with Gasteiger partial charge in [-0.25, -0.2) is 0 Å². The fourth-order valence-electron chi connectivity index (χ4n) is 3.39. The first-order valence-electron chi connectivity index (χ1n) is 10.4. The third kappa shape index (κ3) is 6.42. The number of carbonyl (C=O) groups is 2. The quantitative estimate of drug-likeness (QED) is 0.475. The highest BCUT2D eigenvalue weighted by molar-refractivity contribution is 5.96. The Balaban J connectivity index is 1.41. The van der Waals surface area contributed by atoms with Crippen LogP contribution in [0.25, 0.3) is 0 Å². The number of hydrogen-bond donors (Lipinski definition) is 2. The number of hydrazine groups is 1. The lowest BCUT2D eigenvalue weighted by molar-refractivity contribution is -0.384. The molecule has 1 aliphatic heterocycles. The lowest BCUT2D eigenvalue weighted by Crippen LogP contribution is -2.48. The number of likely N-dealkylation sites (tertiary alicyclic amines) is 1. The van der Waals surface area contributed by atoms with Crippen LogP contribution in [0.1, 0.15) is 30.1 Å². The lowest BCUT2D eigenvalue weighted by Gasteiger charge is -2.31. The van der Waals surface area contributed by atoms with E-state index in [1.807, 2.05) is 36.1 Å². The van der Waals surface area contributed by atoms with Crippen molar-refractivity contribution in [3.63, 3.8) is 0 Å². The Morgan fingerprint density at radius 1 is 1.09 bits per heavy atom. The summed E-state index contributed by atoms with van der Waals surface area (Å²) in [6, 6.07) is 12.8. The maximum absolute atomic E-state index is 12.2. The number of nitrogens with zero attached hydrogens (tertiary/aromatic N) is 2. The Hall–Kier alpha value is -3.66. The Labute approximate surface area is 185 Å². The molecular weight excluding hydrogens is 416 g/mol. The van der Waals surface area contributed by atoms with Crippen LogP contribution in [0.15, 0.2) is 48.5 Å². The van der Waals surface area contributed by atoms with Gasteiger partial charge in [-0.15, -0.1) is 0 Å². The molecule has 2 aromatic carbocycles. The number of rotatable bonds is 8. The predicted octanol–water partition coefficient (Wildman–Crippen LogP) is 2.30. The van der Waals surface area contributed by atoms with Gasteiger partial charge in [-0.2, -0.15) is 0 Å². The second-order valence-electron chi connectivity index (χ2n) is 7.28. The van der Waals surface area contributed by atoms with Gasteiger partial charge in [-0.05, 0) is 38.0 Å². The molecule has 1 aliphatic rings. The molecule has 10 nitrogen and oxygen atoms in total. The van der Waals surface area contributed by atoms with Gasteiger partial charge < -0.3 is 9.47 Å². The van der Waals surface area contributed by atoms with Crippen LogP contribution in [-0.2, 0) is 4.79 Å². The third-order valence-electron chi connectivity index (χ3n) is 4.98. The maximum Gasteiger partial charge on any atom is 0.270 e. The number of ether oxygens (including phenoxy) is 2. The van der Waals surface area contributed by atoms with Gasteiger partial charge in [0.2, 0.25) is 0 Å². The summed E-state index contributed by atoms with van der Waals surface area (Å²) in [5.74, 6) is 0.442. The van der Waals surface area contributed by atoms with Crippen molar-refractivity contribution in [1.82, 2.24) is 15.8 Å². The standard InChI is InChI=1S/C22H26N4O6/c1-2-31-19-8-3-4-9-20(19)32-18-10-12-25(13-11-18)15-21(27)23-24-22(28)16-6-5-7-17(14-16)26(29)30/h3-9,14,18H,2,10-13,15H2,1H3,(H,23,27)(H,24,28). The van der Waals surface area contributed by atoms with E-state index in [-0.39, 0.29) is 29.8 Å². The zero-order valence-electron chi connectivity index (χ0n) is 17.8. The van der Waals surface area contributed by atoms with Crippen molar-refractivity contribution in [1.29, 1.82) is 0 Å². The number of carbonyl (C=O) groups excluding carboxylic acids is 2. The molecule has 10 heteroatoms. The van der Waals surface area contributed by atoms with Crippen LogP contribution >= 0.6 is 0 Å². The first-order chi connectivity index (χ1) is 15.5. The minimum atomic E-state index is -0.623. The number of piperidine rings is 1. The number of non-ortho nitro benzene ring substituents is 1. The smallest absolute Gasteiger partial charge is 0.270 e. The number of amides is 2. The first-order valence-corrected chi connectivity index (χ1v) is 10.4. The normalized spacial score (nSPS) is 14.4. The van der Waals surface area contributed by atoms with Gasteiger partial charge in [0.15, 0.2) is 11.5 Å². The van der Waals surface area contributed by atoms with Crippen LogP contribution < -0.4 is 20.3 Å². The van der Waals surface area contributed by atoms with Crippen LogP contribution in [0.2, 0.25) is 0 Å². The summed E-state index contributed by atoms with van der Waals surface area (Å²) >= 11 is 0. The second-order valence-corrected chi connectivity index (χ2v) is 7.28. The number of para-hydroxylation sites is 2. The molecule has 1 fully saturated rings. The van der Waals surface area contributed by atoms with Gasteiger partial charge in [0.1, 0.15) is 6.10 Å². The van der Waals surface area contributed by atoms with E-state index < -0.39 is 10.8 Å². The maximum atomic E-state index is 12.2. The topological polar surface area (TPSA) is 123 Å². The molecule has 1 saturated heterocycles. The minimum Gasteiger partial charge on any atom is -0.490 e. The van der Waals surface area contributed by atoms with Crippen molar-refractivity contribution in [2.75, 3.05) is 26.2 Å². The van der Waals surface area contributed by atoms with Crippen molar-refractivity contribution in [3.05, 3.63) is 64.2 Å². The predicted molar refractivity (Wildman–Crippen MR) is 116 cm³/mol. The zero-order chi connectivity index (χ0) is 22.9. The summed E-state index contributed by atoms with van der Waals surface area (Å²) in [6.45, 7) is 3.96. The summed E-state index contributed by atoms with van der Waals surface area (Å²) in [5, 5.41) is 10.8. The van der Waals surface area contributed by atoms with Gasteiger partial charge in [0, 0.05) is 30.8 Å². The van der Waals surface area contributed by atoms with Crippen molar-refractivity contribution in [3.8, 4) is 11.5 Å². The summed E-state index contributed by atoms with van der Waals surface area (Å²) in [5.41, 5.74) is 4.53. The molecule has 2 aromatic rings. The molecule has 32 heavy (non-hydrogen) atoms. The van der Waals surface area contributed by atoms with Crippen LogP contribution in [0.4, 0.5) is 5.69 Å². The van der Waals surface area contributed by atoms with Crippen LogP contribution in [0.5, 0.6) is 11.5 Å². The third-order valence-corrected chi connectivity index (χ3v) is 4.98. The van der Waals surface area contributed by atoms with E-state index in [9.17, 15) is 19.7 Å². The van der Waals surface area contributed by atoms with E-state index in [4.69, 9.17) is 9.47 Å². The summed E-state index contributed by atoms with van der Waals surface area (Å²) < 4.78 is 11.7. The molecule has 0 atom stereocenters. The number of nitrogens with one attached hydrogen (secondary N) is 2. The Bertz CT molecular complexity index is 959. The van der Waals surface area contributed by atoms with Crippen molar-refractivity contribution < 1.29 is 24.0 Å². The molecule has 2 N–H and O–H groups in total. The fourth-order valence-corrected chi connectivity index (χ4v) is 3.39. The molecule has 0 radical (unpaired) electrons. The molecule has 0 unspecified atom stereocenters. The molecule has 0 saturated carbocycles. The van der Waals surface area contributed by atoms with Gasteiger partial charge in [0.05, 0.1) is 18.1 Å². The highest BCUT2D eigenvalue weighted by atomic mass is 16.6. The van der Waals surface area contributed by atoms with E-state index in [0.717, 1.165) is 30.4 Å². The molecule has 0 spiro atoms. The van der Waals surface area contributed by atoms with Crippen molar-refractivity contribution >= 4 is 17.5 Å². The number of hydrogen-bond acceptors (Lipinski definition) is 7. The summed E-state index contributed by atoms with van der Waals surface area (Å²) in [7, 11) is 0.